The van der Waals surface area contributed by atoms with E-state index in [-0.39, 0.29) is 6.04 Å². The van der Waals surface area contributed by atoms with Crippen LogP contribution in [0.4, 0.5) is 0 Å². The van der Waals surface area contributed by atoms with E-state index in [1.54, 1.807) is 6.92 Å². The second-order valence-corrected chi connectivity index (χ2v) is 5.40. The summed E-state index contributed by atoms with van der Waals surface area (Å²) in [6, 6.07) is 17.7. The molecule has 0 fully saturated rings. The molecule has 1 aromatic heterocycles. The number of nitrogens with zero attached hydrogens (tertiary/aromatic N) is 1. The van der Waals surface area contributed by atoms with Crippen LogP contribution < -0.4 is 0 Å². The molecule has 2 unspecified atom stereocenters. The van der Waals surface area contributed by atoms with Gasteiger partial charge >= 0.3 is 0 Å². The van der Waals surface area contributed by atoms with Crippen LogP contribution in [0.1, 0.15) is 18.5 Å². The minimum Gasteiger partial charge on any atom is -0.391 e. The Bertz CT molecular complexity index is 732. The van der Waals surface area contributed by atoms with E-state index in [9.17, 15) is 5.11 Å². The first kappa shape index (κ1) is 13.2. The molecular weight excluding hydrogens is 270 g/mol. The van der Waals surface area contributed by atoms with Crippen molar-refractivity contribution in [3.8, 4) is 0 Å². The van der Waals surface area contributed by atoms with E-state index in [1.165, 1.54) is 0 Å². The van der Waals surface area contributed by atoms with E-state index in [1.807, 2.05) is 42.6 Å². The molecule has 1 N–H and O–H groups in total. The second-order valence-electron chi connectivity index (χ2n) is 4.99. The van der Waals surface area contributed by atoms with Crippen LogP contribution in [-0.4, -0.2) is 15.8 Å². The van der Waals surface area contributed by atoms with Crippen LogP contribution in [0, 0.1) is 0 Å². The number of aliphatic hydroxyl groups excluding tert-OH is 1. The molecule has 3 rings (SSSR count). The van der Waals surface area contributed by atoms with Crippen molar-refractivity contribution < 1.29 is 5.11 Å². The summed E-state index contributed by atoms with van der Waals surface area (Å²) < 4.78 is 2.08. The maximum Gasteiger partial charge on any atom is 0.0856 e. The van der Waals surface area contributed by atoms with Gasteiger partial charge < -0.3 is 9.67 Å². The van der Waals surface area contributed by atoms with Crippen molar-refractivity contribution in [3.05, 3.63) is 71.4 Å². The average Bonchev–Trinajstić information content (AvgIpc) is 2.85. The van der Waals surface area contributed by atoms with Crippen molar-refractivity contribution in [3.63, 3.8) is 0 Å². The van der Waals surface area contributed by atoms with Crippen LogP contribution in [-0.2, 0) is 0 Å². The molecule has 0 aliphatic carbocycles. The first-order chi connectivity index (χ1) is 9.68. The highest BCUT2D eigenvalue weighted by Crippen LogP contribution is 2.31. The zero-order chi connectivity index (χ0) is 14.1. The molecular formula is C17H16ClNO. The van der Waals surface area contributed by atoms with Crippen LogP contribution in [0.15, 0.2) is 60.8 Å². The first-order valence-electron chi connectivity index (χ1n) is 6.66. The molecule has 0 aliphatic rings. The monoisotopic (exact) mass is 285 g/mol. The fourth-order valence-electron chi connectivity index (χ4n) is 2.70. The number of halogens is 1. The molecule has 0 saturated carbocycles. The normalized spacial score (nSPS) is 14.3. The Hall–Kier alpha value is -1.77. The largest absolute Gasteiger partial charge is 0.391 e. The van der Waals surface area contributed by atoms with Crippen molar-refractivity contribution in [1.82, 2.24) is 4.57 Å². The van der Waals surface area contributed by atoms with Gasteiger partial charge in [-0.3, -0.25) is 0 Å². The number of benzene rings is 2. The predicted octanol–water partition coefficient (Wildman–Crippen LogP) is 4.26. The van der Waals surface area contributed by atoms with Gasteiger partial charge in [-0.25, -0.2) is 0 Å². The average molecular weight is 286 g/mol. The lowest BCUT2D eigenvalue weighted by Crippen LogP contribution is -2.22. The van der Waals surface area contributed by atoms with Gasteiger partial charge in [-0.2, -0.15) is 0 Å². The van der Waals surface area contributed by atoms with Crippen molar-refractivity contribution in [2.75, 3.05) is 0 Å². The number of para-hydroxylation sites is 1. The van der Waals surface area contributed by atoms with Gasteiger partial charge in [0.1, 0.15) is 0 Å². The topological polar surface area (TPSA) is 25.2 Å². The Labute approximate surface area is 123 Å². The van der Waals surface area contributed by atoms with E-state index in [4.69, 9.17) is 11.6 Å². The molecule has 2 nitrogen and oxygen atoms in total. The van der Waals surface area contributed by atoms with E-state index >= 15 is 0 Å². The minimum absolute atomic E-state index is 0.191. The Balaban J connectivity index is 2.19. The smallest absolute Gasteiger partial charge is 0.0856 e. The highest BCUT2D eigenvalue weighted by Gasteiger charge is 2.22. The van der Waals surface area contributed by atoms with Crippen LogP contribution in [0.2, 0.25) is 5.02 Å². The van der Waals surface area contributed by atoms with Crippen LogP contribution in [0.5, 0.6) is 0 Å². The molecule has 2 atom stereocenters. The number of hydrogen-bond donors (Lipinski definition) is 1. The molecule has 0 bridgehead atoms. The molecule has 3 heteroatoms. The fraction of sp³-hybridized carbons (Fsp3) is 0.176. The molecule has 0 amide bonds. The van der Waals surface area contributed by atoms with Gasteiger partial charge in [-0.05, 0) is 36.1 Å². The van der Waals surface area contributed by atoms with E-state index in [0.29, 0.717) is 5.02 Å². The highest BCUT2D eigenvalue weighted by atomic mass is 35.5. The summed E-state index contributed by atoms with van der Waals surface area (Å²) in [5, 5.41) is 12.1. The number of aliphatic hydroxyl groups is 1. The summed E-state index contributed by atoms with van der Waals surface area (Å²) >= 11 is 6.31. The van der Waals surface area contributed by atoms with Gasteiger partial charge in [-0.15, -0.1) is 0 Å². The van der Waals surface area contributed by atoms with E-state index in [0.717, 1.165) is 16.5 Å². The standard InChI is InChI=1S/C17H16ClNO/c1-12(20)17(14-7-3-4-8-15(14)18)19-11-10-13-6-2-5-9-16(13)19/h2-12,17,20H,1H3. The van der Waals surface area contributed by atoms with Gasteiger partial charge in [0.15, 0.2) is 0 Å². The summed E-state index contributed by atoms with van der Waals surface area (Å²) in [5.41, 5.74) is 2.03. The van der Waals surface area contributed by atoms with Gasteiger partial charge in [0, 0.05) is 16.7 Å². The predicted molar refractivity (Wildman–Crippen MR) is 83.2 cm³/mol. The van der Waals surface area contributed by atoms with Crippen molar-refractivity contribution >= 4 is 22.5 Å². The van der Waals surface area contributed by atoms with Crippen molar-refractivity contribution in [2.24, 2.45) is 0 Å². The number of hydrogen-bond acceptors (Lipinski definition) is 1. The third-order valence-corrected chi connectivity index (χ3v) is 3.95. The summed E-state index contributed by atoms with van der Waals surface area (Å²) in [5.74, 6) is 0. The van der Waals surface area contributed by atoms with Crippen molar-refractivity contribution in [1.29, 1.82) is 0 Å². The molecule has 1 heterocycles. The molecule has 0 spiro atoms. The summed E-state index contributed by atoms with van der Waals surface area (Å²) in [7, 11) is 0. The second kappa shape index (κ2) is 5.31. The molecule has 20 heavy (non-hydrogen) atoms. The Morgan fingerprint density at radius 2 is 1.70 bits per heavy atom. The highest BCUT2D eigenvalue weighted by molar-refractivity contribution is 6.31. The number of fused-ring (bicyclic) bond motifs is 1. The van der Waals surface area contributed by atoms with Gasteiger partial charge in [0.2, 0.25) is 0 Å². The quantitative estimate of drug-likeness (QED) is 0.764. The fourth-order valence-corrected chi connectivity index (χ4v) is 2.95. The number of aromatic nitrogens is 1. The van der Waals surface area contributed by atoms with Crippen molar-refractivity contribution in [2.45, 2.75) is 19.1 Å². The third kappa shape index (κ3) is 2.21. The molecule has 0 saturated heterocycles. The molecule has 0 radical (unpaired) electrons. The van der Waals surface area contributed by atoms with Crippen LogP contribution in [0.25, 0.3) is 10.9 Å². The lowest BCUT2D eigenvalue weighted by molar-refractivity contribution is 0.151. The van der Waals surface area contributed by atoms with Gasteiger partial charge in [0.05, 0.1) is 12.1 Å². The minimum atomic E-state index is -0.536. The van der Waals surface area contributed by atoms with E-state index < -0.39 is 6.10 Å². The molecule has 3 aromatic rings. The zero-order valence-electron chi connectivity index (χ0n) is 11.2. The summed E-state index contributed by atoms with van der Waals surface area (Å²) in [4.78, 5) is 0. The van der Waals surface area contributed by atoms with Crippen LogP contribution >= 0.6 is 11.6 Å². The summed E-state index contributed by atoms with van der Waals surface area (Å²) in [6.07, 6.45) is 1.47. The molecule has 2 aromatic carbocycles. The summed E-state index contributed by atoms with van der Waals surface area (Å²) in [6.45, 7) is 1.79. The third-order valence-electron chi connectivity index (χ3n) is 3.61. The molecule has 102 valence electrons. The Morgan fingerprint density at radius 3 is 2.45 bits per heavy atom. The molecule has 0 aliphatic heterocycles. The van der Waals surface area contributed by atoms with Gasteiger partial charge in [0.25, 0.3) is 0 Å². The lowest BCUT2D eigenvalue weighted by atomic mass is 10.0. The van der Waals surface area contributed by atoms with E-state index in [2.05, 4.69) is 22.8 Å². The Kier molecular flexibility index (Phi) is 3.51. The maximum absolute atomic E-state index is 10.2. The van der Waals surface area contributed by atoms with Crippen LogP contribution in [0.3, 0.4) is 0 Å². The van der Waals surface area contributed by atoms with Gasteiger partial charge in [-0.1, -0.05) is 48.0 Å². The maximum atomic E-state index is 10.2. The SMILES string of the molecule is CC(O)C(c1ccccc1Cl)n1ccc2ccccc21. The lowest BCUT2D eigenvalue weighted by Gasteiger charge is -2.24. The Morgan fingerprint density at radius 1 is 1.00 bits per heavy atom. The zero-order valence-corrected chi connectivity index (χ0v) is 12.0. The first-order valence-corrected chi connectivity index (χ1v) is 7.04. The number of rotatable bonds is 3.